The predicted molar refractivity (Wildman–Crippen MR) is 80.4 cm³/mol. The Morgan fingerprint density at radius 2 is 2.10 bits per heavy atom. The van der Waals surface area contributed by atoms with Gasteiger partial charge in [0.25, 0.3) is 0 Å². The number of ether oxygens (including phenoxy) is 1. The third-order valence-electron chi connectivity index (χ3n) is 2.68. The molecule has 0 radical (unpaired) electrons. The summed E-state index contributed by atoms with van der Waals surface area (Å²) in [5.74, 6) is 0.713. The summed E-state index contributed by atoms with van der Waals surface area (Å²) in [6, 6.07) is 6.60. The summed E-state index contributed by atoms with van der Waals surface area (Å²) in [5, 5.41) is 3.32. The van der Waals surface area contributed by atoms with Crippen molar-refractivity contribution in [1.82, 2.24) is 10.3 Å². The molecule has 1 heterocycles. The lowest BCUT2D eigenvalue weighted by molar-refractivity contribution is 0.459. The van der Waals surface area contributed by atoms with Crippen LogP contribution < -0.4 is 10.1 Å². The normalized spacial score (nSPS) is 10.8. The summed E-state index contributed by atoms with van der Waals surface area (Å²) in [5.41, 5.74) is 0.977. The van der Waals surface area contributed by atoms with E-state index in [4.69, 9.17) is 4.74 Å². The predicted octanol–water partition coefficient (Wildman–Crippen LogP) is 4.27. The van der Waals surface area contributed by atoms with Gasteiger partial charge in [0, 0.05) is 30.4 Å². The smallest absolute Gasteiger partial charge is 0.150 e. The maximum absolute atomic E-state index is 13.3. The van der Waals surface area contributed by atoms with E-state index < -0.39 is 0 Å². The summed E-state index contributed by atoms with van der Waals surface area (Å²) < 4.78 is 19.7. The topological polar surface area (TPSA) is 34.2 Å². The minimum Gasteiger partial charge on any atom is -0.454 e. The molecule has 0 aliphatic rings. The van der Waals surface area contributed by atoms with E-state index in [-0.39, 0.29) is 5.82 Å². The van der Waals surface area contributed by atoms with Gasteiger partial charge in [0.2, 0.25) is 0 Å². The molecule has 106 valence electrons. The van der Waals surface area contributed by atoms with Gasteiger partial charge in [0.15, 0.2) is 0 Å². The van der Waals surface area contributed by atoms with Gasteiger partial charge >= 0.3 is 0 Å². The van der Waals surface area contributed by atoms with E-state index in [0.717, 1.165) is 5.56 Å². The third kappa shape index (κ3) is 4.02. The van der Waals surface area contributed by atoms with Crippen LogP contribution in [0, 0.1) is 5.82 Å². The first-order valence-electron chi connectivity index (χ1n) is 6.35. The molecule has 1 aromatic carbocycles. The van der Waals surface area contributed by atoms with Crippen molar-refractivity contribution in [2.75, 3.05) is 0 Å². The quantitative estimate of drug-likeness (QED) is 0.883. The van der Waals surface area contributed by atoms with E-state index in [2.05, 4.69) is 40.1 Å². The number of benzene rings is 1. The Balaban J connectivity index is 2.22. The van der Waals surface area contributed by atoms with Gasteiger partial charge in [-0.05, 0) is 34.1 Å². The monoisotopic (exact) mass is 338 g/mol. The minimum atomic E-state index is -0.339. The maximum atomic E-state index is 13.3. The molecule has 0 aliphatic carbocycles. The van der Waals surface area contributed by atoms with Crippen molar-refractivity contribution in [2.24, 2.45) is 0 Å². The summed E-state index contributed by atoms with van der Waals surface area (Å²) in [7, 11) is 0. The lowest BCUT2D eigenvalue weighted by atomic mass is 10.2. The van der Waals surface area contributed by atoms with E-state index >= 15 is 0 Å². The van der Waals surface area contributed by atoms with Crippen LogP contribution >= 0.6 is 15.9 Å². The van der Waals surface area contributed by atoms with E-state index in [0.29, 0.717) is 28.6 Å². The number of nitrogens with one attached hydrogen (secondary N) is 1. The van der Waals surface area contributed by atoms with Crippen molar-refractivity contribution >= 4 is 15.9 Å². The Bertz CT molecular complexity index is 590. The molecule has 3 nitrogen and oxygen atoms in total. The number of pyridine rings is 1. The molecule has 0 amide bonds. The van der Waals surface area contributed by atoms with Crippen LogP contribution in [0.2, 0.25) is 0 Å². The highest BCUT2D eigenvalue weighted by Gasteiger charge is 2.09. The Labute approximate surface area is 126 Å². The largest absolute Gasteiger partial charge is 0.454 e. The van der Waals surface area contributed by atoms with Crippen molar-refractivity contribution in [1.29, 1.82) is 0 Å². The van der Waals surface area contributed by atoms with Gasteiger partial charge in [-0.3, -0.25) is 4.98 Å². The number of hydrogen-bond donors (Lipinski definition) is 1. The zero-order valence-electron chi connectivity index (χ0n) is 11.4. The number of halogens is 2. The van der Waals surface area contributed by atoms with Crippen LogP contribution in [0.5, 0.6) is 11.5 Å². The highest BCUT2D eigenvalue weighted by Crippen LogP contribution is 2.31. The average Bonchev–Trinajstić information content (AvgIpc) is 2.42. The Hall–Kier alpha value is -1.46. The lowest BCUT2D eigenvalue weighted by Gasteiger charge is -2.13. The molecule has 0 saturated carbocycles. The second-order valence-corrected chi connectivity index (χ2v) is 5.55. The van der Waals surface area contributed by atoms with Crippen LogP contribution in [0.4, 0.5) is 4.39 Å². The van der Waals surface area contributed by atoms with Gasteiger partial charge < -0.3 is 10.1 Å². The van der Waals surface area contributed by atoms with Crippen molar-refractivity contribution in [3.8, 4) is 11.5 Å². The van der Waals surface area contributed by atoms with Crippen LogP contribution in [-0.4, -0.2) is 11.0 Å². The molecule has 2 aromatic rings. The van der Waals surface area contributed by atoms with Crippen molar-refractivity contribution in [3.05, 3.63) is 52.5 Å². The molecule has 20 heavy (non-hydrogen) atoms. The standard InChI is InChI=1S/C15H16BrFN2O/c1-10(2)19-8-11-5-6-18-9-15(11)20-14-7-12(17)3-4-13(14)16/h3-7,9-10,19H,8H2,1-2H3. The molecule has 0 unspecified atom stereocenters. The van der Waals surface area contributed by atoms with Crippen molar-refractivity contribution < 1.29 is 9.13 Å². The molecule has 0 spiro atoms. The maximum Gasteiger partial charge on any atom is 0.150 e. The summed E-state index contributed by atoms with van der Waals surface area (Å²) in [4.78, 5) is 4.06. The van der Waals surface area contributed by atoms with Crippen LogP contribution in [0.1, 0.15) is 19.4 Å². The lowest BCUT2D eigenvalue weighted by Crippen LogP contribution is -2.22. The molecule has 0 atom stereocenters. The molecule has 0 fully saturated rings. The summed E-state index contributed by atoms with van der Waals surface area (Å²) >= 11 is 3.35. The van der Waals surface area contributed by atoms with Gasteiger partial charge in [-0.1, -0.05) is 13.8 Å². The van der Waals surface area contributed by atoms with Crippen LogP contribution in [-0.2, 0) is 6.54 Å². The van der Waals surface area contributed by atoms with Crippen LogP contribution in [0.3, 0.4) is 0 Å². The number of aromatic nitrogens is 1. The van der Waals surface area contributed by atoms with Crippen molar-refractivity contribution in [2.45, 2.75) is 26.4 Å². The first-order chi connectivity index (χ1) is 9.56. The molecule has 5 heteroatoms. The van der Waals surface area contributed by atoms with Gasteiger partial charge in [-0.15, -0.1) is 0 Å². The summed E-state index contributed by atoms with van der Waals surface area (Å²) in [6.45, 7) is 4.82. The first kappa shape index (κ1) is 14.9. The van der Waals surface area contributed by atoms with Gasteiger partial charge in [-0.25, -0.2) is 4.39 Å². The number of hydrogen-bond acceptors (Lipinski definition) is 3. The van der Waals surface area contributed by atoms with Crippen molar-refractivity contribution in [3.63, 3.8) is 0 Å². The second-order valence-electron chi connectivity index (χ2n) is 4.70. The van der Waals surface area contributed by atoms with Gasteiger partial charge in [0.05, 0.1) is 10.7 Å². The first-order valence-corrected chi connectivity index (χ1v) is 7.14. The zero-order chi connectivity index (χ0) is 14.5. The molecule has 2 rings (SSSR count). The zero-order valence-corrected chi connectivity index (χ0v) is 12.9. The minimum absolute atomic E-state index is 0.339. The Morgan fingerprint density at radius 3 is 2.85 bits per heavy atom. The average molecular weight is 339 g/mol. The Morgan fingerprint density at radius 1 is 1.30 bits per heavy atom. The highest BCUT2D eigenvalue weighted by atomic mass is 79.9. The molecule has 1 aromatic heterocycles. The van der Waals surface area contributed by atoms with Crippen LogP contribution in [0.25, 0.3) is 0 Å². The van der Waals surface area contributed by atoms with E-state index in [1.54, 1.807) is 18.5 Å². The molecule has 0 bridgehead atoms. The SMILES string of the molecule is CC(C)NCc1ccncc1Oc1cc(F)ccc1Br. The van der Waals surface area contributed by atoms with E-state index in [9.17, 15) is 4.39 Å². The van der Waals surface area contributed by atoms with E-state index in [1.165, 1.54) is 12.1 Å². The fourth-order valence-electron chi connectivity index (χ4n) is 1.63. The third-order valence-corrected chi connectivity index (χ3v) is 3.34. The summed E-state index contributed by atoms with van der Waals surface area (Å²) in [6.07, 6.45) is 3.35. The van der Waals surface area contributed by atoms with Crippen LogP contribution in [0.15, 0.2) is 41.1 Å². The fraction of sp³-hybridized carbons (Fsp3) is 0.267. The number of rotatable bonds is 5. The second kappa shape index (κ2) is 6.81. The van der Waals surface area contributed by atoms with Gasteiger partial charge in [0.1, 0.15) is 17.3 Å². The number of nitrogens with zero attached hydrogens (tertiary/aromatic N) is 1. The Kier molecular flexibility index (Phi) is 5.09. The molecule has 0 aliphatic heterocycles. The highest BCUT2D eigenvalue weighted by molar-refractivity contribution is 9.10. The van der Waals surface area contributed by atoms with Gasteiger partial charge in [-0.2, -0.15) is 0 Å². The molecule has 1 N–H and O–H groups in total. The molecular formula is C15H16BrFN2O. The van der Waals surface area contributed by atoms with E-state index in [1.807, 2.05) is 6.07 Å². The molecular weight excluding hydrogens is 323 g/mol. The molecule has 0 saturated heterocycles. The fourth-order valence-corrected chi connectivity index (χ4v) is 1.96.